The molecule has 4 rings (SSSR count). The molecule has 0 unspecified atom stereocenters. The second-order valence-electron chi connectivity index (χ2n) is 7.18. The number of anilines is 1. The number of alkyl halides is 3. The normalized spacial score (nSPS) is 16.6. The van der Waals surface area contributed by atoms with E-state index in [2.05, 4.69) is 20.5 Å². The van der Waals surface area contributed by atoms with Gasteiger partial charge in [0.25, 0.3) is 11.8 Å². The third-order valence-corrected chi connectivity index (χ3v) is 5.35. The van der Waals surface area contributed by atoms with Crippen molar-refractivity contribution in [2.75, 3.05) is 11.9 Å². The molecule has 0 bridgehead atoms. The summed E-state index contributed by atoms with van der Waals surface area (Å²) in [4.78, 5) is 30.4. The van der Waals surface area contributed by atoms with Gasteiger partial charge in [-0.05, 0) is 18.1 Å². The van der Waals surface area contributed by atoms with E-state index in [1.807, 2.05) is 12.1 Å². The maximum Gasteiger partial charge on any atom is 0.435 e. The van der Waals surface area contributed by atoms with Gasteiger partial charge in [-0.2, -0.15) is 18.3 Å². The summed E-state index contributed by atoms with van der Waals surface area (Å²) in [5.41, 5.74) is -0.290. The lowest BCUT2D eigenvalue weighted by molar-refractivity contribution is -0.141. The fourth-order valence-electron chi connectivity index (χ4n) is 3.33. The summed E-state index contributed by atoms with van der Waals surface area (Å²) in [5, 5.41) is 10.8. The molecule has 0 radical (unpaired) electrons. The number of aryl methyl sites for hydroxylation is 1. The lowest BCUT2D eigenvalue weighted by Gasteiger charge is -2.19. The van der Waals surface area contributed by atoms with Crippen molar-refractivity contribution in [3.8, 4) is 0 Å². The van der Waals surface area contributed by atoms with E-state index in [1.54, 1.807) is 12.1 Å². The van der Waals surface area contributed by atoms with Gasteiger partial charge in [-0.3, -0.25) is 14.5 Å². The van der Waals surface area contributed by atoms with Crippen LogP contribution in [0.3, 0.4) is 0 Å². The van der Waals surface area contributed by atoms with E-state index in [1.165, 1.54) is 18.1 Å². The Bertz CT molecular complexity index is 1170. The van der Waals surface area contributed by atoms with Crippen LogP contribution in [0.25, 0.3) is 0 Å². The molecule has 32 heavy (non-hydrogen) atoms. The summed E-state index contributed by atoms with van der Waals surface area (Å²) in [6.07, 6.45) is -3.19. The average molecular weight is 468 g/mol. The fourth-order valence-corrected chi connectivity index (χ4v) is 3.53. The number of hydrogen-bond acceptors (Lipinski definition) is 5. The minimum atomic E-state index is -4.62. The van der Waals surface area contributed by atoms with E-state index in [-0.39, 0.29) is 24.6 Å². The number of rotatable bonds is 4. The van der Waals surface area contributed by atoms with Gasteiger partial charge in [0.1, 0.15) is 18.2 Å². The van der Waals surface area contributed by atoms with Crippen LogP contribution in [0.2, 0.25) is 5.02 Å². The third kappa shape index (κ3) is 4.31. The molecule has 2 aromatic heterocycles. The molecule has 1 aliphatic heterocycles. The maximum atomic E-state index is 12.9. The molecule has 0 aliphatic carbocycles. The molecule has 13 heteroatoms. The van der Waals surface area contributed by atoms with Crippen molar-refractivity contribution in [2.45, 2.75) is 31.7 Å². The van der Waals surface area contributed by atoms with Gasteiger partial charge >= 0.3 is 6.18 Å². The highest BCUT2D eigenvalue weighted by molar-refractivity contribution is 6.31. The van der Waals surface area contributed by atoms with Crippen molar-refractivity contribution in [2.24, 2.45) is 0 Å². The Kier molecular flexibility index (Phi) is 5.63. The zero-order valence-corrected chi connectivity index (χ0v) is 17.4. The zero-order valence-electron chi connectivity index (χ0n) is 16.7. The number of carbonyl (C=O) groups excluding carboxylic acids is 2. The molecule has 1 aliphatic rings. The van der Waals surface area contributed by atoms with Crippen LogP contribution < -0.4 is 10.2 Å². The molecule has 168 valence electrons. The van der Waals surface area contributed by atoms with Gasteiger partial charge in [0.2, 0.25) is 5.82 Å². The Morgan fingerprint density at radius 1 is 1.28 bits per heavy atom. The van der Waals surface area contributed by atoms with Crippen LogP contribution in [0.4, 0.5) is 19.0 Å². The smallest absolute Gasteiger partial charge is 0.337 e. The second-order valence-corrected chi connectivity index (χ2v) is 7.59. The summed E-state index contributed by atoms with van der Waals surface area (Å²) in [5.74, 6) is -1.39. The highest BCUT2D eigenvalue weighted by Crippen LogP contribution is 2.32. The summed E-state index contributed by atoms with van der Waals surface area (Å²) >= 11 is 6.13. The monoisotopic (exact) mass is 467 g/mol. The van der Waals surface area contributed by atoms with E-state index in [0.29, 0.717) is 11.6 Å². The number of likely N-dealkylation sites (N-methyl/N-ethyl adjacent to an activating group) is 1. The van der Waals surface area contributed by atoms with Gasteiger partial charge < -0.3 is 5.32 Å². The SMILES string of the molecule is CN1C(=O)[C@H](NC(=O)c2ncn(Cc3ccccc3Cl)n2)CCn2nc(C(F)(F)F)cc21. The van der Waals surface area contributed by atoms with Crippen molar-refractivity contribution >= 4 is 29.2 Å². The van der Waals surface area contributed by atoms with Crippen molar-refractivity contribution in [3.05, 3.63) is 58.8 Å². The maximum absolute atomic E-state index is 12.9. The number of nitrogens with one attached hydrogen (secondary N) is 1. The predicted molar refractivity (Wildman–Crippen MR) is 107 cm³/mol. The molecule has 3 heterocycles. The lowest BCUT2D eigenvalue weighted by atomic mass is 10.2. The summed E-state index contributed by atoms with van der Waals surface area (Å²) < 4.78 is 41.4. The lowest BCUT2D eigenvalue weighted by Crippen LogP contribution is -2.47. The molecule has 0 saturated carbocycles. The van der Waals surface area contributed by atoms with Crippen molar-refractivity contribution in [3.63, 3.8) is 0 Å². The van der Waals surface area contributed by atoms with Gasteiger partial charge in [-0.1, -0.05) is 29.8 Å². The van der Waals surface area contributed by atoms with Crippen LogP contribution in [0.15, 0.2) is 36.7 Å². The second kappa shape index (κ2) is 8.26. The van der Waals surface area contributed by atoms with Crippen LogP contribution in [-0.4, -0.2) is 49.4 Å². The molecule has 1 N–H and O–H groups in total. The number of hydrogen-bond donors (Lipinski definition) is 1. The van der Waals surface area contributed by atoms with Crippen LogP contribution in [0, 0.1) is 0 Å². The quantitative estimate of drug-likeness (QED) is 0.635. The Labute approximate surface area is 184 Å². The van der Waals surface area contributed by atoms with Gasteiger partial charge in [0.15, 0.2) is 5.69 Å². The highest BCUT2D eigenvalue weighted by Gasteiger charge is 2.38. The Balaban J connectivity index is 1.45. The number of nitrogens with zero attached hydrogens (tertiary/aromatic N) is 6. The predicted octanol–water partition coefficient (Wildman–Crippen LogP) is 2.36. The molecular formula is C19H17ClF3N7O2. The topological polar surface area (TPSA) is 97.9 Å². The molecular weight excluding hydrogens is 451 g/mol. The highest BCUT2D eigenvalue weighted by atomic mass is 35.5. The van der Waals surface area contributed by atoms with Gasteiger partial charge in [-0.15, -0.1) is 5.10 Å². The van der Waals surface area contributed by atoms with Crippen molar-refractivity contribution < 1.29 is 22.8 Å². The molecule has 2 amide bonds. The molecule has 1 aromatic carbocycles. The largest absolute Gasteiger partial charge is 0.435 e. The zero-order chi connectivity index (χ0) is 23.0. The number of fused-ring (bicyclic) bond motifs is 1. The summed E-state index contributed by atoms with van der Waals surface area (Å²) in [6, 6.07) is 7.00. The van der Waals surface area contributed by atoms with E-state index in [4.69, 9.17) is 11.6 Å². The first-order chi connectivity index (χ1) is 15.1. The van der Waals surface area contributed by atoms with E-state index in [9.17, 15) is 22.8 Å². The molecule has 3 aromatic rings. The minimum Gasteiger partial charge on any atom is -0.337 e. The molecule has 0 spiro atoms. The standard InChI is InChI=1S/C19H17ClF3N7O2/c1-28-15-8-14(19(21,22)23)26-30(15)7-6-13(18(28)32)25-17(31)16-24-10-29(27-16)9-11-4-2-3-5-12(11)20/h2-5,8,10,13H,6-7,9H2,1H3,(H,25,31)/t13-/m1/s1. The van der Waals surface area contributed by atoms with Crippen LogP contribution in [-0.2, 0) is 24.1 Å². The average Bonchev–Trinajstić information content (AvgIpc) is 3.36. The number of benzene rings is 1. The molecule has 9 nitrogen and oxygen atoms in total. The van der Waals surface area contributed by atoms with Crippen LogP contribution >= 0.6 is 11.6 Å². The summed E-state index contributed by atoms with van der Waals surface area (Å²) in [7, 11) is 1.33. The minimum absolute atomic E-state index is 0.00113. The first-order valence-corrected chi connectivity index (χ1v) is 9.87. The molecule has 0 fully saturated rings. The Hall–Kier alpha value is -3.41. The van der Waals surface area contributed by atoms with Crippen molar-refractivity contribution in [1.82, 2.24) is 29.9 Å². The first kappa shape index (κ1) is 21.8. The van der Waals surface area contributed by atoms with Gasteiger partial charge in [0, 0.05) is 24.7 Å². The molecule has 1 atom stereocenters. The number of amides is 2. The number of carbonyl (C=O) groups is 2. The van der Waals surface area contributed by atoms with E-state index >= 15 is 0 Å². The van der Waals surface area contributed by atoms with Crippen LogP contribution in [0.1, 0.15) is 28.3 Å². The first-order valence-electron chi connectivity index (χ1n) is 9.50. The number of aromatic nitrogens is 5. The van der Waals surface area contributed by atoms with Gasteiger partial charge in [-0.25, -0.2) is 14.3 Å². The number of halogens is 4. The molecule has 0 saturated heterocycles. The third-order valence-electron chi connectivity index (χ3n) is 4.99. The van der Waals surface area contributed by atoms with E-state index < -0.39 is 29.7 Å². The summed E-state index contributed by atoms with van der Waals surface area (Å²) in [6.45, 7) is 0.314. The van der Waals surface area contributed by atoms with Crippen molar-refractivity contribution in [1.29, 1.82) is 0 Å². The Morgan fingerprint density at radius 2 is 2.03 bits per heavy atom. The fraction of sp³-hybridized carbons (Fsp3) is 0.316. The van der Waals surface area contributed by atoms with Crippen LogP contribution in [0.5, 0.6) is 0 Å². The Morgan fingerprint density at radius 3 is 2.75 bits per heavy atom. The van der Waals surface area contributed by atoms with Gasteiger partial charge in [0.05, 0.1) is 6.54 Å². The van der Waals surface area contributed by atoms with E-state index in [0.717, 1.165) is 21.2 Å².